The summed E-state index contributed by atoms with van der Waals surface area (Å²) in [6.07, 6.45) is 7.22. The standard InChI is InChI=1S/C14H26O2S/c1-4-6-9-17-10-8-13(14(15)16)11-12(3)7-5-2/h11,13H,4-10H2,1-3H3,(H,15,16). The van der Waals surface area contributed by atoms with Gasteiger partial charge in [0, 0.05) is 0 Å². The van der Waals surface area contributed by atoms with E-state index in [2.05, 4.69) is 13.8 Å². The second-order valence-corrected chi connectivity index (χ2v) is 5.69. The minimum atomic E-state index is -0.684. The van der Waals surface area contributed by atoms with Crippen LogP contribution in [0.5, 0.6) is 0 Å². The van der Waals surface area contributed by atoms with E-state index in [4.69, 9.17) is 5.11 Å². The predicted octanol–water partition coefficient (Wildman–Crippen LogP) is 4.36. The fourth-order valence-electron chi connectivity index (χ4n) is 1.66. The van der Waals surface area contributed by atoms with Crippen LogP contribution in [0.15, 0.2) is 11.6 Å². The summed E-state index contributed by atoms with van der Waals surface area (Å²) in [6, 6.07) is 0. The van der Waals surface area contributed by atoms with Crippen molar-refractivity contribution in [1.29, 1.82) is 0 Å². The maximum Gasteiger partial charge on any atom is 0.310 e. The van der Waals surface area contributed by atoms with Crippen molar-refractivity contribution in [2.75, 3.05) is 11.5 Å². The van der Waals surface area contributed by atoms with Crippen LogP contribution in [0.1, 0.15) is 52.9 Å². The zero-order chi connectivity index (χ0) is 13.1. The number of carbonyl (C=O) groups is 1. The van der Waals surface area contributed by atoms with Crippen molar-refractivity contribution in [3.05, 3.63) is 11.6 Å². The van der Waals surface area contributed by atoms with Gasteiger partial charge in [-0.2, -0.15) is 11.8 Å². The van der Waals surface area contributed by atoms with Gasteiger partial charge >= 0.3 is 5.97 Å². The average molecular weight is 258 g/mol. The molecule has 1 N–H and O–H groups in total. The van der Waals surface area contributed by atoms with Gasteiger partial charge in [-0.05, 0) is 37.7 Å². The van der Waals surface area contributed by atoms with E-state index < -0.39 is 5.97 Å². The zero-order valence-corrected chi connectivity index (χ0v) is 12.2. The van der Waals surface area contributed by atoms with Gasteiger partial charge in [0.15, 0.2) is 0 Å². The third-order valence-electron chi connectivity index (χ3n) is 2.66. The molecule has 0 bridgehead atoms. The largest absolute Gasteiger partial charge is 0.481 e. The van der Waals surface area contributed by atoms with Crippen LogP contribution in [0, 0.1) is 5.92 Å². The van der Waals surface area contributed by atoms with Gasteiger partial charge in [0.05, 0.1) is 5.92 Å². The summed E-state index contributed by atoms with van der Waals surface area (Å²) in [6.45, 7) is 6.33. The highest BCUT2D eigenvalue weighted by Gasteiger charge is 2.14. The summed E-state index contributed by atoms with van der Waals surface area (Å²) < 4.78 is 0. The van der Waals surface area contributed by atoms with E-state index in [1.807, 2.05) is 24.8 Å². The van der Waals surface area contributed by atoms with Crippen molar-refractivity contribution in [2.45, 2.75) is 52.9 Å². The van der Waals surface area contributed by atoms with E-state index in [9.17, 15) is 4.79 Å². The molecule has 0 radical (unpaired) electrons. The highest BCUT2D eigenvalue weighted by Crippen LogP contribution is 2.16. The number of aliphatic carboxylic acids is 1. The lowest BCUT2D eigenvalue weighted by Crippen LogP contribution is -2.12. The van der Waals surface area contributed by atoms with Crippen LogP contribution in [0.2, 0.25) is 0 Å². The van der Waals surface area contributed by atoms with Gasteiger partial charge < -0.3 is 5.11 Å². The molecule has 17 heavy (non-hydrogen) atoms. The molecule has 0 aromatic heterocycles. The molecule has 1 unspecified atom stereocenters. The van der Waals surface area contributed by atoms with E-state index in [0.29, 0.717) is 0 Å². The second-order valence-electron chi connectivity index (χ2n) is 4.46. The Morgan fingerprint density at radius 3 is 2.53 bits per heavy atom. The Morgan fingerprint density at radius 2 is 2.00 bits per heavy atom. The topological polar surface area (TPSA) is 37.3 Å². The molecule has 0 spiro atoms. The Hall–Kier alpha value is -0.440. The number of carboxylic acid groups (broad SMARTS) is 1. The van der Waals surface area contributed by atoms with Crippen molar-refractivity contribution in [1.82, 2.24) is 0 Å². The van der Waals surface area contributed by atoms with Gasteiger partial charge in [0.1, 0.15) is 0 Å². The molecule has 0 amide bonds. The summed E-state index contributed by atoms with van der Waals surface area (Å²) in [5.74, 6) is 1.13. The molecular formula is C14H26O2S. The normalized spacial score (nSPS) is 13.7. The fraction of sp³-hybridized carbons (Fsp3) is 0.786. The molecule has 0 aromatic carbocycles. The van der Waals surface area contributed by atoms with Gasteiger partial charge in [0.25, 0.3) is 0 Å². The lowest BCUT2D eigenvalue weighted by molar-refractivity contribution is -0.140. The highest BCUT2D eigenvalue weighted by atomic mass is 32.2. The Bertz CT molecular complexity index is 236. The van der Waals surface area contributed by atoms with E-state index in [-0.39, 0.29) is 5.92 Å². The Balaban J connectivity index is 3.99. The first kappa shape index (κ1) is 16.6. The maximum absolute atomic E-state index is 11.1. The summed E-state index contributed by atoms with van der Waals surface area (Å²) in [5.41, 5.74) is 1.21. The molecule has 0 aromatic rings. The first-order valence-electron chi connectivity index (χ1n) is 6.59. The summed E-state index contributed by atoms with van der Waals surface area (Å²) in [7, 11) is 0. The SMILES string of the molecule is CCCCSCCC(C=C(C)CCC)C(=O)O. The molecule has 0 aliphatic heterocycles. The maximum atomic E-state index is 11.1. The minimum Gasteiger partial charge on any atom is -0.481 e. The molecule has 1 atom stereocenters. The van der Waals surface area contributed by atoms with Crippen LogP contribution < -0.4 is 0 Å². The number of carboxylic acids is 1. The molecular weight excluding hydrogens is 232 g/mol. The molecule has 0 saturated heterocycles. The van der Waals surface area contributed by atoms with Crippen LogP contribution >= 0.6 is 11.8 Å². The van der Waals surface area contributed by atoms with Crippen LogP contribution in [-0.2, 0) is 4.79 Å². The van der Waals surface area contributed by atoms with Gasteiger partial charge in [-0.25, -0.2) is 0 Å². The first-order chi connectivity index (χ1) is 8.11. The minimum absolute atomic E-state index is 0.296. The Kier molecular flexibility index (Phi) is 10.4. The Labute approximate surface area is 110 Å². The summed E-state index contributed by atoms with van der Waals surface area (Å²) in [5, 5.41) is 9.14. The third-order valence-corrected chi connectivity index (χ3v) is 3.76. The van der Waals surface area contributed by atoms with Crippen molar-refractivity contribution >= 4 is 17.7 Å². The predicted molar refractivity (Wildman–Crippen MR) is 76.6 cm³/mol. The van der Waals surface area contributed by atoms with Crippen molar-refractivity contribution in [2.24, 2.45) is 5.92 Å². The summed E-state index contributed by atoms with van der Waals surface area (Å²) in [4.78, 5) is 11.1. The fourth-order valence-corrected chi connectivity index (χ4v) is 2.78. The average Bonchev–Trinajstić information content (AvgIpc) is 2.27. The number of allylic oxidation sites excluding steroid dienone is 1. The van der Waals surface area contributed by atoms with E-state index >= 15 is 0 Å². The molecule has 0 aliphatic carbocycles. The molecule has 0 heterocycles. The third kappa shape index (κ3) is 9.28. The van der Waals surface area contributed by atoms with Gasteiger partial charge in [-0.3, -0.25) is 4.79 Å². The highest BCUT2D eigenvalue weighted by molar-refractivity contribution is 7.99. The van der Waals surface area contributed by atoms with Crippen LogP contribution in [0.25, 0.3) is 0 Å². The molecule has 0 aliphatic rings. The number of unbranched alkanes of at least 4 members (excludes halogenated alkanes) is 1. The van der Waals surface area contributed by atoms with E-state index in [0.717, 1.165) is 30.8 Å². The Morgan fingerprint density at radius 1 is 1.29 bits per heavy atom. The van der Waals surface area contributed by atoms with Crippen LogP contribution in [0.3, 0.4) is 0 Å². The van der Waals surface area contributed by atoms with Crippen molar-refractivity contribution in [3.8, 4) is 0 Å². The number of rotatable bonds is 10. The number of thioether (sulfide) groups is 1. The lowest BCUT2D eigenvalue weighted by Gasteiger charge is -2.09. The van der Waals surface area contributed by atoms with E-state index in [1.54, 1.807) is 0 Å². The number of hydrogen-bond donors (Lipinski definition) is 1. The quantitative estimate of drug-likeness (QED) is 0.467. The summed E-state index contributed by atoms with van der Waals surface area (Å²) >= 11 is 1.87. The molecule has 3 heteroatoms. The van der Waals surface area contributed by atoms with E-state index in [1.165, 1.54) is 18.4 Å². The van der Waals surface area contributed by atoms with Gasteiger partial charge in [-0.1, -0.05) is 38.3 Å². The van der Waals surface area contributed by atoms with Crippen LogP contribution in [-0.4, -0.2) is 22.6 Å². The molecule has 0 saturated carbocycles. The molecule has 0 fully saturated rings. The lowest BCUT2D eigenvalue weighted by atomic mass is 10.0. The smallest absolute Gasteiger partial charge is 0.310 e. The first-order valence-corrected chi connectivity index (χ1v) is 7.75. The zero-order valence-electron chi connectivity index (χ0n) is 11.4. The monoisotopic (exact) mass is 258 g/mol. The van der Waals surface area contributed by atoms with Crippen molar-refractivity contribution in [3.63, 3.8) is 0 Å². The molecule has 100 valence electrons. The van der Waals surface area contributed by atoms with Crippen molar-refractivity contribution < 1.29 is 9.90 Å². The van der Waals surface area contributed by atoms with Gasteiger partial charge in [-0.15, -0.1) is 0 Å². The van der Waals surface area contributed by atoms with Crippen LogP contribution in [0.4, 0.5) is 0 Å². The molecule has 2 nitrogen and oxygen atoms in total. The molecule has 0 rings (SSSR count). The number of hydrogen-bond acceptors (Lipinski definition) is 2. The van der Waals surface area contributed by atoms with Gasteiger partial charge in [0.2, 0.25) is 0 Å². The second kappa shape index (κ2) is 10.7.